The van der Waals surface area contributed by atoms with E-state index in [1.165, 1.54) is 11.8 Å². The Kier molecular flexibility index (Phi) is 3.41. The van der Waals surface area contributed by atoms with Crippen molar-refractivity contribution in [1.82, 2.24) is 15.0 Å². The standard InChI is InChI=1S/C11H10ClN3S/c1-7-5-9(15-11(14-7)16-2)8-3-4-13-10(12)6-8/h3-6H,1-2H3. The van der Waals surface area contributed by atoms with Gasteiger partial charge in [0, 0.05) is 17.5 Å². The minimum atomic E-state index is 0.472. The van der Waals surface area contributed by atoms with Crippen molar-refractivity contribution in [2.24, 2.45) is 0 Å². The molecule has 0 unspecified atom stereocenters. The monoisotopic (exact) mass is 251 g/mol. The summed E-state index contributed by atoms with van der Waals surface area (Å²) in [5.74, 6) is 0. The Labute approximate surface area is 103 Å². The fourth-order valence-electron chi connectivity index (χ4n) is 1.34. The topological polar surface area (TPSA) is 38.7 Å². The SMILES string of the molecule is CSc1nc(C)cc(-c2ccnc(Cl)c2)n1. The summed E-state index contributed by atoms with van der Waals surface area (Å²) in [7, 11) is 0. The van der Waals surface area contributed by atoms with Gasteiger partial charge in [0.25, 0.3) is 0 Å². The van der Waals surface area contributed by atoms with Gasteiger partial charge >= 0.3 is 0 Å². The highest BCUT2D eigenvalue weighted by Crippen LogP contribution is 2.21. The zero-order chi connectivity index (χ0) is 11.5. The van der Waals surface area contributed by atoms with Gasteiger partial charge in [-0.05, 0) is 31.4 Å². The van der Waals surface area contributed by atoms with Crippen LogP contribution < -0.4 is 0 Å². The minimum Gasteiger partial charge on any atom is -0.245 e. The van der Waals surface area contributed by atoms with Gasteiger partial charge in [-0.15, -0.1) is 0 Å². The highest BCUT2D eigenvalue weighted by atomic mass is 35.5. The molecule has 2 rings (SSSR count). The minimum absolute atomic E-state index is 0.472. The van der Waals surface area contributed by atoms with Crippen LogP contribution in [0, 0.1) is 6.92 Å². The van der Waals surface area contributed by atoms with E-state index >= 15 is 0 Å². The molecule has 0 fully saturated rings. The van der Waals surface area contributed by atoms with Crippen LogP contribution in [0.4, 0.5) is 0 Å². The molecule has 0 atom stereocenters. The second-order valence-electron chi connectivity index (χ2n) is 3.25. The molecule has 0 radical (unpaired) electrons. The first kappa shape index (κ1) is 11.4. The van der Waals surface area contributed by atoms with Crippen LogP contribution in [-0.2, 0) is 0 Å². The zero-order valence-electron chi connectivity index (χ0n) is 8.94. The first-order chi connectivity index (χ1) is 7.69. The maximum Gasteiger partial charge on any atom is 0.188 e. The van der Waals surface area contributed by atoms with Crippen LogP contribution in [0.25, 0.3) is 11.3 Å². The van der Waals surface area contributed by atoms with E-state index in [1.54, 1.807) is 12.3 Å². The molecule has 0 aliphatic rings. The third-order valence-corrected chi connectivity index (χ3v) is 2.79. The Morgan fingerprint density at radius 2 is 2.06 bits per heavy atom. The van der Waals surface area contributed by atoms with Gasteiger partial charge in [0.05, 0.1) is 5.69 Å². The van der Waals surface area contributed by atoms with Gasteiger partial charge in [-0.2, -0.15) is 0 Å². The molecule has 0 aromatic carbocycles. The van der Waals surface area contributed by atoms with Crippen molar-refractivity contribution >= 4 is 23.4 Å². The quantitative estimate of drug-likeness (QED) is 0.467. The second kappa shape index (κ2) is 4.80. The first-order valence-electron chi connectivity index (χ1n) is 4.70. The average Bonchev–Trinajstić information content (AvgIpc) is 2.28. The summed E-state index contributed by atoms with van der Waals surface area (Å²) in [5, 5.41) is 1.24. The number of aromatic nitrogens is 3. The van der Waals surface area contributed by atoms with E-state index in [1.807, 2.05) is 25.3 Å². The molecule has 0 saturated heterocycles. The lowest BCUT2D eigenvalue weighted by Gasteiger charge is -2.04. The molecule has 82 valence electrons. The number of rotatable bonds is 2. The number of nitrogens with zero attached hydrogens (tertiary/aromatic N) is 3. The molecule has 2 heterocycles. The van der Waals surface area contributed by atoms with Crippen LogP contribution in [0.2, 0.25) is 5.15 Å². The normalized spacial score (nSPS) is 10.4. The smallest absolute Gasteiger partial charge is 0.188 e. The van der Waals surface area contributed by atoms with Crippen LogP contribution in [0.15, 0.2) is 29.6 Å². The van der Waals surface area contributed by atoms with Crippen molar-refractivity contribution in [3.05, 3.63) is 35.2 Å². The Morgan fingerprint density at radius 3 is 2.75 bits per heavy atom. The van der Waals surface area contributed by atoms with Crippen LogP contribution >= 0.6 is 23.4 Å². The van der Waals surface area contributed by atoms with Crippen LogP contribution in [-0.4, -0.2) is 21.2 Å². The number of thioether (sulfide) groups is 1. The van der Waals surface area contributed by atoms with Crippen molar-refractivity contribution in [2.45, 2.75) is 12.1 Å². The molecule has 16 heavy (non-hydrogen) atoms. The van der Waals surface area contributed by atoms with Gasteiger partial charge in [0.15, 0.2) is 5.16 Å². The van der Waals surface area contributed by atoms with Gasteiger partial charge < -0.3 is 0 Å². The predicted octanol–water partition coefficient (Wildman–Crippen LogP) is 3.22. The lowest BCUT2D eigenvalue weighted by atomic mass is 10.2. The van der Waals surface area contributed by atoms with Gasteiger partial charge in [0.2, 0.25) is 0 Å². The summed E-state index contributed by atoms with van der Waals surface area (Å²) in [6.45, 7) is 1.95. The number of aryl methyl sites for hydroxylation is 1. The number of hydrogen-bond acceptors (Lipinski definition) is 4. The number of halogens is 1. The predicted molar refractivity (Wildman–Crippen MR) is 66.8 cm³/mol. The van der Waals surface area contributed by atoms with Gasteiger partial charge in [0.1, 0.15) is 5.15 Å². The van der Waals surface area contributed by atoms with E-state index in [4.69, 9.17) is 11.6 Å². The molecule has 5 heteroatoms. The molecule has 3 nitrogen and oxygen atoms in total. The van der Waals surface area contributed by atoms with Crippen molar-refractivity contribution in [3.63, 3.8) is 0 Å². The lowest BCUT2D eigenvalue weighted by Crippen LogP contribution is -1.93. The maximum absolute atomic E-state index is 5.85. The van der Waals surface area contributed by atoms with E-state index in [2.05, 4.69) is 15.0 Å². The number of hydrogen-bond donors (Lipinski definition) is 0. The van der Waals surface area contributed by atoms with Gasteiger partial charge in [-0.3, -0.25) is 0 Å². The first-order valence-corrected chi connectivity index (χ1v) is 6.31. The Balaban J connectivity index is 2.51. The van der Waals surface area contributed by atoms with Crippen molar-refractivity contribution in [1.29, 1.82) is 0 Å². The van der Waals surface area contributed by atoms with E-state index in [9.17, 15) is 0 Å². The highest BCUT2D eigenvalue weighted by Gasteiger charge is 2.04. The lowest BCUT2D eigenvalue weighted by molar-refractivity contribution is 0.940. The summed E-state index contributed by atoms with van der Waals surface area (Å²) in [5.41, 5.74) is 2.78. The van der Waals surface area contributed by atoms with Crippen LogP contribution in [0.3, 0.4) is 0 Å². The second-order valence-corrected chi connectivity index (χ2v) is 4.41. The zero-order valence-corrected chi connectivity index (χ0v) is 10.5. The third-order valence-electron chi connectivity index (χ3n) is 2.04. The van der Waals surface area contributed by atoms with Crippen molar-refractivity contribution in [2.75, 3.05) is 6.26 Å². The average molecular weight is 252 g/mol. The van der Waals surface area contributed by atoms with E-state index in [-0.39, 0.29) is 0 Å². The Morgan fingerprint density at radius 1 is 1.25 bits per heavy atom. The summed E-state index contributed by atoms with van der Waals surface area (Å²) in [6.07, 6.45) is 3.63. The summed E-state index contributed by atoms with van der Waals surface area (Å²) in [4.78, 5) is 12.7. The maximum atomic E-state index is 5.85. The molecule has 2 aromatic rings. The molecule has 0 saturated carbocycles. The fourth-order valence-corrected chi connectivity index (χ4v) is 1.94. The Hall–Kier alpha value is -1.13. The molecular formula is C11H10ClN3S. The molecule has 0 aliphatic heterocycles. The van der Waals surface area contributed by atoms with Gasteiger partial charge in [-0.25, -0.2) is 15.0 Å². The number of pyridine rings is 1. The van der Waals surface area contributed by atoms with Crippen molar-refractivity contribution in [3.8, 4) is 11.3 Å². The van der Waals surface area contributed by atoms with E-state index in [0.29, 0.717) is 5.15 Å². The summed E-state index contributed by atoms with van der Waals surface area (Å²) < 4.78 is 0. The molecule has 0 bridgehead atoms. The fraction of sp³-hybridized carbons (Fsp3) is 0.182. The molecule has 0 N–H and O–H groups in total. The largest absolute Gasteiger partial charge is 0.245 e. The van der Waals surface area contributed by atoms with Gasteiger partial charge in [-0.1, -0.05) is 23.4 Å². The molecule has 0 amide bonds. The van der Waals surface area contributed by atoms with Crippen molar-refractivity contribution < 1.29 is 0 Å². The van der Waals surface area contributed by atoms with E-state index in [0.717, 1.165) is 22.1 Å². The summed E-state index contributed by atoms with van der Waals surface area (Å²) >= 11 is 7.37. The molecular weight excluding hydrogens is 242 g/mol. The highest BCUT2D eigenvalue weighted by molar-refractivity contribution is 7.98. The molecule has 0 spiro atoms. The van der Waals surface area contributed by atoms with E-state index < -0.39 is 0 Å². The van der Waals surface area contributed by atoms with Crippen LogP contribution in [0.5, 0.6) is 0 Å². The molecule has 0 aliphatic carbocycles. The third kappa shape index (κ3) is 2.51. The Bertz CT molecular complexity index is 516. The summed E-state index contributed by atoms with van der Waals surface area (Å²) in [6, 6.07) is 5.62. The van der Waals surface area contributed by atoms with Crippen LogP contribution in [0.1, 0.15) is 5.69 Å². The molecule has 2 aromatic heterocycles.